The maximum Gasteiger partial charge on any atom is 0.132 e. The standard InChI is InChI=1S/C17H20FNO2/c1-11-6-8-12(9-7-11)13(10-19)17(20)16-14(18)4-3-5-15(16)21-2/h3-9,13,17,20H,10,19H2,1-2H3. The van der Waals surface area contributed by atoms with Crippen molar-refractivity contribution in [2.45, 2.75) is 18.9 Å². The third kappa shape index (κ3) is 3.23. The van der Waals surface area contributed by atoms with Crippen LogP contribution in [0.4, 0.5) is 4.39 Å². The molecule has 2 atom stereocenters. The summed E-state index contributed by atoms with van der Waals surface area (Å²) in [5, 5.41) is 10.6. The normalized spacial score (nSPS) is 13.8. The lowest BCUT2D eigenvalue weighted by Crippen LogP contribution is -2.21. The van der Waals surface area contributed by atoms with Crippen LogP contribution in [0, 0.1) is 12.7 Å². The van der Waals surface area contributed by atoms with Gasteiger partial charge >= 0.3 is 0 Å². The molecule has 3 nitrogen and oxygen atoms in total. The van der Waals surface area contributed by atoms with Gasteiger partial charge in [-0.3, -0.25) is 0 Å². The Morgan fingerprint density at radius 1 is 1.19 bits per heavy atom. The number of rotatable bonds is 5. The summed E-state index contributed by atoms with van der Waals surface area (Å²) in [4.78, 5) is 0. The number of aliphatic hydroxyl groups is 1. The summed E-state index contributed by atoms with van der Waals surface area (Å²) in [6.45, 7) is 2.19. The molecule has 2 aromatic rings. The lowest BCUT2D eigenvalue weighted by Gasteiger charge is -2.24. The van der Waals surface area contributed by atoms with Gasteiger partial charge in [-0.2, -0.15) is 0 Å². The first kappa shape index (κ1) is 15.5. The van der Waals surface area contributed by atoms with Gasteiger partial charge in [-0.05, 0) is 24.6 Å². The Hall–Kier alpha value is -1.91. The highest BCUT2D eigenvalue weighted by atomic mass is 19.1. The van der Waals surface area contributed by atoms with E-state index in [1.54, 1.807) is 12.1 Å². The second kappa shape index (κ2) is 6.70. The first-order valence-corrected chi connectivity index (χ1v) is 6.85. The molecule has 2 unspecified atom stereocenters. The summed E-state index contributed by atoms with van der Waals surface area (Å²) in [5.41, 5.74) is 7.94. The molecule has 2 aromatic carbocycles. The van der Waals surface area contributed by atoms with E-state index in [4.69, 9.17) is 10.5 Å². The van der Waals surface area contributed by atoms with Crippen LogP contribution in [0.25, 0.3) is 0 Å². The molecule has 0 fully saturated rings. The van der Waals surface area contributed by atoms with Crippen LogP contribution in [-0.4, -0.2) is 18.8 Å². The number of hydrogen-bond acceptors (Lipinski definition) is 3. The fourth-order valence-corrected chi connectivity index (χ4v) is 2.44. The summed E-state index contributed by atoms with van der Waals surface area (Å²) in [5.74, 6) is -0.558. The zero-order chi connectivity index (χ0) is 15.4. The van der Waals surface area contributed by atoms with Gasteiger partial charge < -0.3 is 15.6 Å². The van der Waals surface area contributed by atoms with Crippen LogP contribution in [0.1, 0.15) is 28.7 Å². The molecule has 21 heavy (non-hydrogen) atoms. The Morgan fingerprint density at radius 2 is 1.86 bits per heavy atom. The molecular weight excluding hydrogens is 269 g/mol. The summed E-state index contributed by atoms with van der Waals surface area (Å²) >= 11 is 0. The van der Waals surface area contributed by atoms with E-state index in [9.17, 15) is 9.50 Å². The van der Waals surface area contributed by atoms with Gasteiger partial charge in [0.2, 0.25) is 0 Å². The summed E-state index contributed by atoms with van der Waals surface area (Å²) in [6, 6.07) is 12.2. The predicted molar refractivity (Wildman–Crippen MR) is 80.9 cm³/mol. The van der Waals surface area contributed by atoms with E-state index in [2.05, 4.69) is 0 Å². The van der Waals surface area contributed by atoms with Crippen molar-refractivity contribution in [2.75, 3.05) is 13.7 Å². The molecule has 3 N–H and O–H groups in total. The van der Waals surface area contributed by atoms with Crippen LogP contribution in [-0.2, 0) is 0 Å². The number of halogens is 1. The molecule has 0 aromatic heterocycles. The lowest BCUT2D eigenvalue weighted by molar-refractivity contribution is 0.139. The number of aliphatic hydroxyl groups excluding tert-OH is 1. The molecule has 0 bridgehead atoms. The van der Waals surface area contributed by atoms with Gasteiger partial charge in [0.15, 0.2) is 0 Å². The highest BCUT2D eigenvalue weighted by molar-refractivity contribution is 5.39. The predicted octanol–water partition coefficient (Wildman–Crippen LogP) is 2.92. The molecule has 0 heterocycles. The van der Waals surface area contributed by atoms with Crippen molar-refractivity contribution < 1.29 is 14.2 Å². The van der Waals surface area contributed by atoms with Crippen LogP contribution >= 0.6 is 0 Å². The number of methoxy groups -OCH3 is 1. The van der Waals surface area contributed by atoms with Gasteiger partial charge in [0, 0.05) is 12.5 Å². The fourth-order valence-electron chi connectivity index (χ4n) is 2.44. The van der Waals surface area contributed by atoms with Gasteiger partial charge in [0.25, 0.3) is 0 Å². The van der Waals surface area contributed by atoms with Crippen molar-refractivity contribution in [3.63, 3.8) is 0 Å². The second-order valence-electron chi connectivity index (χ2n) is 5.05. The summed E-state index contributed by atoms with van der Waals surface area (Å²) in [6.07, 6.45) is -1.06. The largest absolute Gasteiger partial charge is 0.496 e. The van der Waals surface area contributed by atoms with Crippen LogP contribution in [0.2, 0.25) is 0 Å². The SMILES string of the molecule is COc1cccc(F)c1C(O)C(CN)c1ccc(C)cc1. The van der Waals surface area contributed by atoms with Crippen molar-refractivity contribution in [1.29, 1.82) is 0 Å². The average molecular weight is 289 g/mol. The van der Waals surface area contributed by atoms with Crippen molar-refractivity contribution in [3.05, 3.63) is 65.0 Å². The molecule has 112 valence electrons. The van der Waals surface area contributed by atoms with E-state index >= 15 is 0 Å². The minimum absolute atomic E-state index is 0.149. The molecule has 0 spiro atoms. The Morgan fingerprint density at radius 3 is 2.43 bits per heavy atom. The highest BCUT2D eigenvalue weighted by Crippen LogP contribution is 2.36. The van der Waals surface area contributed by atoms with E-state index in [1.165, 1.54) is 13.2 Å². The molecule has 4 heteroatoms. The Balaban J connectivity index is 2.41. The molecule has 0 amide bonds. The Labute approximate surface area is 124 Å². The van der Waals surface area contributed by atoms with Gasteiger partial charge in [-0.1, -0.05) is 35.9 Å². The van der Waals surface area contributed by atoms with Crippen molar-refractivity contribution in [3.8, 4) is 5.75 Å². The number of nitrogens with two attached hydrogens (primary N) is 1. The van der Waals surface area contributed by atoms with Crippen LogP contribution in [0.5, 0.6) is 5.75 Å². The molecule has 0 saturated heterocycles. The highest BCUT2D eigenvalue weighted by Gasteiger charge is 2.27. The fraction of sp³-hybridized carbons (Fsp3) is 0.294. The van der Waals surface area contributed by atoms with Crippen LogP contribution < -0.4 is 10.5 Å². The smallest absolute Gasteiger partial charge is 0.132 e. The second-order valence-corrected chi connectivity index (χ2v) is 5.05. The zero-order valence-corrected chi connectivity index (χ0v) is 12.2. The number of benzene rings is 2. The third-order valence-corrected chi connectivity index (χ3v) is 3.67. The van der Waals surface area contributed by atoms with E-state index in [0.29, 0.717) is 5.75 Å². The lowest BCUT2D eigenvalue weighted by atomic mass is 9.88. The molecule has 0 aliphatic carbocycles. The van der Waals surface area contributed by atoms with E-state index < -0.39 is 17.8 Å². The Bertz CT molecular complexity index is 598. The quantitative estimate of drug-likeness (QED) is 0.890. The molecular formula is C17H20FNO2. The first-order valence-electron chi connectivity index (χ1n) is 6.85. The first-order chi connectivity index (χ1) is 10.1. The van der Waals surface area contributed by atoms with Gasteiger partial charge in [-0.15, -0.1) is 0 Å². The van der Waals surface area contributed by atoms with Crippen LogP contribution in [0.15, 0.2) is 42.5 Å². The van der Waals surface area contributed by atoms with E-state index in [0.717, 1.165) is 11.1 Å². The van der Waals surface area contributed by atoms with E-state index in [-0.39, 0.29) is 12.1 Å². The van der Waals surface area contributed by atoms with Gasteiger partial charge in [0.05, 0.1) is 18.8 Å². The molecule has 0 saturated carbocycles. The van der Waals surface area contributed by atoms with Crippen molar-refractivity contribution in [2.24, 2.45) is 5.73 Å². The molecule has 0 radical (unpaired) electrons. The van der Waals surface area contributed by atoms with Crippen molar-refractivity contribution in [1.82, 2.24) is 0 Å². The van der Waals surface area contributed by atoms with Gasteiger partial charge in [-0.25, -0.2) is 4.39 Å². The molecule has 0 aliphatic rings. The molecule has 2 rings (SSSR count). The number of ether oxygens (including phenoxy) is 1. The van der Waals surface area contributed by atoms with Crippen LogP contribution in [0.3, 0.4) is 0 Å². The number of hydrogen-bond donors (Lipinski definition) is 2. The van der Waals surface area contributed by atoms with Crippen molar-refractivity contribution >= 4 is 0 Å². The minimum Gasteiger partial charge on any atom is -0.496 e. The maximum atomic E-state index is 14.1. The number of aryl methyl sites for hydroxylation is 1. The minimum atomic E-state index is -1.06. The van der Waals surface area contributed by atoms with E-state index in [1.807, 2.05) is 31.2 Å². The summed E-state index contributed by atoms with van der Waals surface area (Å²) < 4.78 is 19.2. The maximum absolute atomic E-state index is 14.1. The monoisotopic (exact) mass is 289 g/mol. The molecule has 0 aliphatic heterocycles. The Kier molecular flexibility index (Phi) is 4.94. The topological polar surface area (TPSA) is 55.5 Å². The average Bonchev–Trinajstić information content (AvgIpc) is 2.49. The summed E-state index contributed by atoms with van der Waals surface area (Å²) in [7, 11) is 1.45. The third-order valence-electron chi connectivity index (χ3n) is 3.67. The van der Waals surface area contributed by atoms with Gasteiger partial charge in [0.1, 0.15) is 11.6 Å². The zero-order valence-electron chi connectivity index (χ0n) is 12.2.